The lowest BCUT2D eigenvalue weighted by Crippen LogP contribution is -2.30. The summed E-state index contributed by atoms with van der Waals surface area (Å²) in [5.41, 5.74) is 0. The van der Waals surface area contributed by atoms with Crippen LogP contribution in [0.2, 0.25) is 0 Å². The minimum atomic E-state index is -0.798. The molecule has 0 aliphatic carbocycles. The fraction of sp³-hybridized carbons (Fsp3) is 0.726. The molecule has 0 amide bonds. The molecule has 6 heteroatoms. The maximum Gasteiger partial charge on any atom is 0.306 e. The molecule has 0 saturated heterocycles. The van der Waals surface area contributed by atoms with Crippen molar-refractivity contribution in [3.05, 3.63) is 85.1 Å². The predicted molar refractivity (Wildman–Crippen MR) is 293 cm³/mol. The van der Waals surface area contributed by atoms with Crippen molar-refractivity contribution < 1.29 is 28.6 Å². The van der Waals surface area contributed by atoms with Crippen LogP contribution in [0.1, 0.15) is 271 Å². The summed E-state index contributed by atoms with van der Waals surface area (Å²) >= 11 is 0. The molecule has 1 atom stereocenters. The first kappa shape index (κ1) is 64.6. The Kier molecular flexibility index (Phi) is 53.4. The summed E-state index contributed by atoms with van der Waals surface area (Å²) < 4.78 is 16.8. The van der Waals surface area contributed by atoms with Gasteiger partial charge in [-0.25, -0.2) is 0 Å². The van der Waals surface area contributed by atoms with Gasteiger partial charge < -0.3 is 14.2 Å². The lowest BCUT2D eigenvalue weighted by atomic mass is 10.1. The molecule has 0 bridgehead atoms. The molecule has 0 aromatic rings. The Bertz CT molecular complexity index is 1320. The highest BCUT2D eigenvalue weighted by Crippen LogP contribution is 2.15. The molecule has 0 N–H and O–H groups in total. The monoisotopic (exact) mass is 947 g/mol. The number of ether oxygens (including phenoxy) is 3. The summed E-state index contributed by atoms with van der Waals surface area (Å²) in [6, 6.07) is 0. The third-order valence-corrected chi connectivity index (χ3v) is 12.2. The highest BCUT2D eigenvalue weighted by Gasteiger charge is 2.19. The van der Waals surface area contributed by atoms with Gasteiger partial charge in [-0.05, 0) is 89.9 Å². The molecule has 68 heavy (non-hydrogen) atoms. The molecule has 0 rings (SSSR count). The van der Waals surface area contributed by atoms with E-state index in [0.29, 0.717) is 19.3 Å². The van der Waals surface area contributed by atoms with E-state index in [4.69, 9.17) is 14.2 Å². The number of carbonyl (C=O) groups is 3. The molecule has 1 unspecified atom stereocenters. The van der Waals surface area contributed by atoms with Gasteiger partial charge in [0, 0.05) is 19.3 Å². The second-order valence-electron chi connectivity index (χ2n) is 18.9. The number of allylic oxidation sites excluding steroid dienone is 14. The molecule has 0 radical (unpaired) electrons. The van der Waals surface area contributed by atoms with E-state index in [1.165, 1.54) is 122 Å². The molecule has 0 aliphatic rings. The lowest BCUT2D eigenvalue weighted by molar-refractivity contribution is -0.167. The first-order chi connectivity index (χ1) is 33.5. The number of hydrogen-bond donors (Lipinski definition) is 0. The molecule has 0 aromatic heterocycles. The van der Waals surface area contributed by atoms with Gasteiger partial charge in [0.25, 0.3) is 0 Å². The number of carbonyl (C=O) groups excluding carboxylic acids is 3. The van der Waals surface area contributed by atoms with E-state index >= 15 is 0 Å². The summed E-state index contributed by atoms with van der Waals surface area (Å²) in [5.74, 6) is -0.934. The van der Waals surface area contributed by atoms with Crippen molar-refractivity contribution in [2.75, 3.05) is 13.2 Å². The molecular formula is C62H106O6. The molecule has 0 aromatic carbocycles. The van der Waals surface area contributed by atoms with Crippen molar-refractivity contribution in [3.8, 4) is 0 Å². The number of esters is 3. The number of unbranched alkanes of at least 4 members (excludes halogenated alkanes) is 30. The summed E-state index contributed by atoms with van der Waals surface area (Å²) in [5, 5.41) is 0. The molecule has 0 saturated carbocycles. The maximum absolute atomic E-state index is 12.8. The second kappa shape index (κ2) is 56.2. The van der Waals surface area contributed by atoms with Crippen molar-refractivity contribution in [3.63, 3.8) is 0 Å². The summed E-state index contributed by atoms with van der Waals surface area (Å²) in [6.07, 6.45) is 72.8. The van der Waals surface area contributed by atoms with Crippen LogP contribution in [0.5, 0.6) is 0 Å². The van der Waals surface area contributed by atoms with Crippen molar-refractivity contribution in [2.45, 2.75) is 277 Å². The zero-order valence-electron chi connectivity index (χ0n) is 44.6. The molecule has 6 nitrogen and oxygen atoms in total. The Balaban J connectivity index is 4.43. The van der Waals surface area contributed by atoms with Gasteiger partial charge in [-0.15, -0.1) is 0 Å². The Hall–Kier alpha value is -3.41. The van der Waals surface area contributed by atoms with Gasteiger partial charge in [0.05, 0.1) is 0 Å². The van der Waals surface area contributed by atoms with Gasteiger partial charge in [0.15, 0.2) is 6.10 Å². The van der Waals surface area contributed by atoms with E-state index in [1.54, 1.807) is 0 Å². The van der Waals surface area contributed by atoms with E-state index < -0.39 is 6.10 Å². The van der Waals surface area contributed by atoms with Crippen molar-refractivity contribution in [1.82, 2.24) is 0 Å². The van der Waals surface area contributed by atoms with Crippen molar-refractivity contribution in [2.24, 2.45) is 0 Å². The van der Waals surface area contributed by atoms with E-state index in [9.17, 15) is 14.4 Å². The lowest BCUT2D eigenvalue weighted by Gasteiger charge is -2.18. The zero-order valence-corrected chi connectivity index (χ0v) is 44.6. The van der Waals surface area contributed by atoms with Crippen molar-refractivity contribution >= 4 is 17.9 Å². The predicted octanol–water partition coefficient (Wildman–Crippen LogP) is 19.2. The summed E-state index contributed by atoms with van der Waals surface area (Å²) in [7, 11) is 0. The largest absolute Gasteiger partial charge is 0.462 e. The molecule has 390 valence electrons. The standard InChI is InChI=1S/C62H106O6/c1-4-7-10-13-16-19-22-25-27-29-31-33-34-37-40-43-46-49-52-55-61(64)67-58-59(57-66-60(63)54-51-48-45-42-39-36-24-21-18-15-12-9-6-3)68-62(65)56-53-50-47-44-41-38-35-32-30-28-26-23-20-17-14-11-8-5-2/h9,12,15,18,21,23-24,26,28-32,35,59H,4-8,10-11,13-14,16-17,19-20,22,25,27,33-34,36-58H2,1-3H3/b12-9-,18-15-,24-21-,26-23-,30-28-,31-29-,35-32-. The zero-order chi connectivity index (χ0) is 49.3. The van der Waals surface area contributed by atoms with E-state index in [2.05, 4.69) is 106 Å². The minimum Gasteiger partial charge on any atom is -0.462 e. The molecule has 0 aliphatic heterocycles. The fourth-order valence-electron chi connectivity index (χ4n) is 7.91. The van der Waals surface area contributed by atoms with E-state index in [0.717, 1.165) is 109 Å². The van der Waals surface area contributed by atoms with Crippen LogP contribution >= 0.6 is 0 Å². The summed E-state index contributed by atoms with van der Waals surface area (Å²) in [6.45, 7) is 6.46. The van der Waals surface area contributed by atoms with Crippen LogP contribution in [0.15, 0.2) is 85.1 Å². The molecule has 0 fully saturated rings. The summed E-state index contributed by atoms with van der Waals surface area (Å²) in [4.78, 5) is 38.1. The number of hydrogen-bond acceptors (Lipinski definition) is 6. The number of rotatable bonds is 51. The van der Waals surface area contributed by atoms with Crippen LogP contribution in [0, 0.1) is 0 Å². The van der Waals surface area contributed by atoms with Crippen LogP contribution in [-0.2, 0) is 28.6 Å². The molecular weight excluding hydrogens is 841 g/mol. The van der Waals surface area contributed by atoms with E-state index in [1.807, 2.05) is 0 Å². The van der Waals surface area contributed by atoms with Crippen LogP contribution in [0.4, 0.5) is 0 Å². The first-order valence-corrected chi connectivity index (χ1v) is 28.7. The van der Waals surface area contributed by atoms with Gasteiger partial charge in [-0.1, -0.05) is 247 Å². The normalized spacial score (nSPS) is 12.7. The smallest absolute Gasteiger partial charge is 0.306 e. The van der Waals surface area contributed by atoms with Gasteiger partial charge in [0.2, 0.25) is 0 Å². The second-order valence-corrected chi connectivity index (χ2v) is 18.9. The van der Waals surface area contributed by atoms with Crippen LogP contribution < -0.4 is 0 Å². The van der Waals surface area contributed by atoms with E-state index in [-0.39, 0.29) is 31.1 Å². The van der Waals surface area contributed by atoms with Gasteiger partial charge in [-0.3, -0.25) is 14.4 Å². The minimum absolute atomic E-state index is 0.0940. The fourth-order valence-corrected chi connectivity index (χ4v) is 7.91. The van der Waals surface area contributed by atoms with Crippen molar-refractivity contribution in [1.29, 1.82) is 0 Å². The molecule has 0 spiro atoms. The van der Waals surface area contributed by atoms with Crippen LogP contribution in [0.25, 0.3) is 0 Å². The Morgan fingerprint density at radius 3 is 0.926 bits per heavy atom. The average molecular weight is 948 g/mol. The van der Waals surface area contributed by atoms with Crippen LogP contribution in [-0.4, -0.2) is 37.2 Å². The SMILES string of the molecule is CC\C=C/C=C\C=C/CCCCCCCC(=O)OCC(COC(=O)CCCCCCCCC/C=C\CCCCCCCCCC)OC(=O)CCCCCCC\C=C/C=C\C=C/CCCCCCC. The highest BCUT2D eigenvalue weighted by molar-refractivity contribution is 5.71. The first-order valence-electron chi connectivity index (χ1n) is 28.7. The Morgan fingerprint density at radius 1 is 0.309 bits per heavy atom. The van der Waals surface area contributed by atoms with Crippen LogP contribution in [0.3, 0.4) is 0 Å². The third-order valence-electron chi connectivity index (χ3n) is 12.2. The van der Waals surface area contributed by atoms with Gasteiger partial charge in [-0.2, -0.15) is 0 Å². The quantitative estimate of drug-likeness (QED) is 0.0199. The maximum atomic E-state index is 12.8. The van der Waals surface area contributed by atoms with Gasteiger partial charge >= 0.3 is 17.9 Å². The highest BCUT2D eigenvalue weighted by atomic mass is 16.6. The Morgan fingerprint density at radius 2 is 0.588 bits per heavy atom. The average Bonchev–Trinajstić information content (AvgIpc) is 3.34. The molecule has 0 heterocycles. The van der Waals surface area contributed by atoms with Gasteiger partial charge in [0.1, 0.15) is 13.2 Å². The Labute approximate surface area is 420 Å². The topological polar surface area (TPSA) is 78.9 Å². The third kappa shape index (κ3) is 53.5.